The van der Waals surface area contributed by atoms with Crippen molar-refractivity contribution in [1.82, 2.24) is 4.90 Å². The summed E-state index contributed by atoms with van der Waals surface area (Å²) in [6.07, 6.45) is 11.3. The molecule has 0 bridgehead atoms. The van der Waals surface area contributed by atoms with E-state index in [1.807, 2.05) is 0 Å². The molecule has 1 saturated heterocycles. The Labute approximate surface area is 112 Å². The lowest BCUT2D eigenvalue weighted by Crippen LogP contribution is -2.42. The zero-order valence-corrected chi connectivity index (χ0v) is 11.7. The normalized spacial score (nSPS) is 35.3. The summed E-state index contributed by atoms with van der Waals surface area (Å²) in [4.78, 5) is 2.61. The van der Waals surface area contributed by atoms with Crippen LogP contribution in [0, 0.1) is 5.92 Å². The lowest BCUT2D eigenvalue weighted by atomic mass is 9.88. The summed E-state index contributed by atoms with van der Waals surface area (Å²) >= 11 is 0. The van der Waals surface area contributed by atoms with Gasteiger partial charge >= 0.3 is 0 Å². The molecule has 0 radical (unpaired) electrons. The van der Waals surface area contributed by atoms with E-state index < -0.39 is 5.60 Å². The van der Waals surface area contributed by atoms with E-state index in [0.29, 0.717) is 12.5 Å². The van der Waals surface area contributed by atoms with Gasteiger partial charge in [-0.05, 0) is 57.7 Å². The molecule has 18 heavy (non-hydrogen) atoms. The average Bonchev–Trinajstić information content (AvgIpc) is 2.70. The van der Waals surface area contributed by atoms with Gasteiger partial charge in [-0.1, -0.05) is 25.7 Å². The van der Waals surface area contributed by atoms with Gasteiger partial charge in [-0.25, -0.2) is 0 Å². The van der Waals surface area contributed by atoms with Gasteiger partial charge in [-0.2, -0.15) is 0 Å². The monoisotopic (exact) mass is 254 g/mol. The average molecular weight is 254 g/mol. The van der Waals surface area contributed by atoms with Gasteiger partial charge in [0.25, 0.3) is 0 Å². The first-order chi connectivity index (χ1) is 8.74. The van der Waals surface area contributed by atoms with Crippen LogP contribution >= 0.6 is 0 Å². The maximum absolute atomic E-state index is 10.4. The molecule has 2 fully saturated rings. The number of likely N-dealkylation sites (tertiary alicyclic amines) is 1. The van der Waals surface area contributed by atoms with Crippen LogP contribution < -0.4 is 5.73 Å². The number of nitrogens with two attached hydrogens (primary N) is 1. The Kier molecular flexibility index (Phi) is 5.46. The first-order valence-corrected chi connectivity index (χ1v) is 7.89. The number of aliphatic hydroxyl groups is 1. The molecule has 0 spiro atoms. The molecule has 0 aromatic heterocycles. The Hall–Kier alpha value is -0.120. The predicted molar refractivity (Wildman–Crippen MR) is 75.5 cm³/mol. The summed E-state index contributed by atoms with van der Waals surface area (Å²) < 4.78 is 0. The maximum atomic E-state index is 10.4. The van der Waals surface area contributed by atoms with Gasteiger partial charge in [-0.3, -0.25) is 0 Å². The van der Waals surface area contributed by atoms with E-state index in [0.717, 1.165) is 25.8 Å². The second-order valence-corrected chi connectivity index (χ2v) is 6.29. The quantitative estimate of drug-likeness (QED) is 0.808. The van der Waals surface area contributed by atoms with E-state index in [2.05, 4.69) is 4.90 Å². The van der Waals surface area contributed by atoms with Crippen molar-refractivity contribution in [2.24, 2.45) is 11.7 Å². The van der Waals surface area contributed by atoms with Crippen LogP contribution in [0.4, 0.5) is 0 Å². The summed E-state index contributed by atoms with van der Waals surface area (Å²) in [6, 6.07) is 0. The lowest BCUT2D eigenvalue weighted by Gasteiger charge is -2.31. The van der Waals surface area contributed by atoms with Gasteiger partial charge in [0.1, 0.15) is 0 Å². The topological polar surface area (TPSA) is 49.5 Å². The third kappa shape index (κ3) is 3.69. The minimum Gasteiger partial charge on any atom is -0.388 e. The van der Waals surface area contributed by atoms with E-state index in [1.54, 1.807) is 0 Å². The molecule has 0 aromatic carbocycles. The van der Waals surface area contributed by atoms with Crippen molar-refractivity contribution in [2.45, 2.75) is 63.4 Å². The fourth-order valence-corrected chi connectivity index (χ4v) is 3.68. The Bertz CT molecular complexity index is 239. The standard InChI is InChI=1S/C15H30N2O/c16-13-15(18)9-6-7-14(15)8-12-17-10-4-2-1-3-5-11-17/h14,18H,1-13,16H2. The highest BCUT2D eigenvalue weighted by Gasteiger charge is 2.39. The molecular formula is C15H30N2O. The molecule has 3 nitrogen and oxygen atoms in total. The molecule has 1 aliphatic heterocycles. The Morgan fingerprint density at radius 1 is 1.06 bits per heavy atom. The van der Waals surface area contributed by atoms with E-state index in [9.17, 15) is 5.11 Å². The summed E-state index contributed by atoms with van der Waals surface area (Å²) in [7, 11) is 0. The van der Waals surface area contributed by atoms with Gasteiger partial charge in [0.2, 0.25) is 0 Å². The van der Waals surface area contributed by atoms with E-state index in [1.165, 1.54) is 51.6 Å². The molecule has 2 aliphatic rings. The molecule has 106 valence electrons. The van der Waals surface area contributed by atoms with Crippen molar-refractivity contribution in [3.63, 3.8) is 0 Å². The SMILES string of the molecule is NCC1(O)CCCC1CCN1CCCCCCC1. The number of hydrogen-bond donors (Lipinski definition) is 2. The zero-order chi connectivity index (χ0) is 12.8. The molecule has 3 N–H and O–H groups in total. The predicted octanol–water partition coefficient (Wildman–Crippen LogP) is 2.13. The van der Waals surface area contributed by atoms with Crippen LogP contribution in [0.3, 0.4) is 0 Å². The summed E-state index contributed by atoms with van der Waals surface area (Å²) in [6.45, 7) is 4.12. The largest absolute Gasteiger partial charge is 0.388 e. The van der Waals surface area contributed by atoms with Crippen LogP contribution in [0.5, 0.6) is 0 Å². The molecule has 1 aliphatic carbocycles. The van der Waals surface area contributed by atoms with Crippen LogP contribution in [-0.2, 0) is 0 Å². The Morgan fingerprint density at radius 3 is 2.39 bits per heavy atom. The van der Waals surface area contributed by atoms with Crippen LogP contribution in [0.25, 0.3) is 0 Å². The number of nitrogens with zero attached hydrogens (tertiary/aromatic N) is 1. The molecule has 1 heterocycles. The minimum atomic E-state index is -0.553. The first-order valence-electron chi connectivity index (χ1n) is 7.89. The molecule has 1 saturated carbocycles. The molecule has 2 unspecified atom stereocenters. The zero-order valence-electron chi connectivity index (χ0n) is 11.7. The third-order valence-corrected chi connectivity index (χ3v) is 5.02. The molecule has 2 rings (SSSR count). The van der Waals surface area contributed by atoms with Crippen molar-refractivity contribution in [3.05, 3.63) is 0 Å². The van der Waals surface area contributed by atoms with Crippen molar-refractivity contribution in [1.29, 1.82) is 0 Å². The molecule has 0 aromatic rings. The number of hydrogen-bond acceptors (Lipinski definition) is 3. The second kappa shape index (κ2) is 6.88. The fourth-order valence-electron chi connectivity index (χ4n) is 3.68. The van der Waals surface area contributed by atoms with E-state index in [-0.39, 0.29) is 0 Å². The molecule has 3 heteroatoms. The van der Waals surface area contributed by atoms with E-state index in [4.69, 9.17) is 5.73 Å². The molecule has 0 amide bonds. The van der Waals surface area contributed by atoms with Crippen molar-refractivity contribution in [2.75, 3.05) is 26.2 Å². The highest BCUT2D eigenvalue weighted by molar-refractivity contribution is 4.93. The van der Waals surface area contributed by atoms with Crippen molar-refractivity contribution >= 4 is 0 Å². The summed E-state index contributed by atoms with van der Waals surface area (Å²) in [5.41, 5.74) is 5.20. The van der Waals surface area contributed by atoms with Crippen LogP contribution in [0.2, 0.25) is 0 Å². The fraction of sp³-hybridized carbons (Fsp3) is 1.00. The summed E-state index contributed by atoms with van der Waals surface area (Å²) in [5, 5.41) is 10.4. The highest BCUT2D eigenvalue weighted by Crippen LogP contribution is 2.37. The second-order valence-electron chi connectivity index (χ2n) is 6.29. The molecular weight excluding hydrogens is 224 g/mol. The van der Waals surface area contributed by atoms with Crippen molar-refractivity contribution in [3.8, 4) is 0 Å². The van der Waals surface area contributed by atoms with Gasteiger partial charge < -0.3 is 15.7 Å². The van der Waals surface area contributed by atoms with Gasteiger partial charge in [-0.15, -0.1) is 0 Å². The van der Waals surface area contributed by atoms with Gasteiger partial charge in [0.05, 0.1) is 5.60 Å². The van der Waals surface area contributed by atoms with Crippen LogP contribution in [0.1, 0.15) is 57.8 Å². The van der Waals surface area contributed by atoms with Crippen molar-refractivity contribution < 1.29 is 5.11 Å². The van der Waals surface area contributed by atoms with Gasteiger partial charge in [0, 0.05) is 6.54 Å². The smallest absolute Gasteiger partial charge is 0.0797 e. The Balaban J connectivity index is 1.75. The van der Waals surface area contributed by atoms with E-state index >= 15 is 0 Å². The first kappa shape index (κ1) is 14.3. The number of rotatable bonds is 4. The van der Waals surface area contributed by atoms with Crippen LogP contribution in [0.15, 0.2) is 0 Å². The molecule has 2 atom stereocenters. The third-order valence-electron chi connectivity index (χ3n) is 5.02. The highest BCUT2D eigenvalue weighted by atomic mass is 16.3. The van der Waals surface area contributed by atoms with Gasteiger partial charge in [0.15, 0.2) is 0 Å². The van der Waals surface area contributed by atoms with Crippen LogP contribution in [-0.4, -0.2) is 41.8 Å². The minimum absolute atomic E-state index is 0.438. The lowest BCUT2D eigenvalue weighted by molar-refractivity contribution is 0.00433. The maximum Gasteiger partial charge on any atom is 0.0797 e. The summed E-state index contributed by atoms with van der Waals surface area (Å²) in [5.74, 6) is 0.438. The Morgan fingerprint density at radius 2 is 1.72 bits per heavy atom.